The first-order valence-corrected chi connectivity index (χ1v) is 29.1. The quantitative estimate of drug-likeness (QED) is 0.229. The zero-order chi connectivity index (χ0) is 35.7. The van der Waals surface area contributed by atoms with Crippen molar-refractivity contribution in [2.24, 2.45) is 27.6 Å². The van der Waals surface area contributed by atoms with E-state index in [9.17, 15) is 0 Å². The molecule has 0 aromatic heterocycles. The van der Waals surface area contributed by atoms with Gasteiger partial charge in [-0.1, -0.05) is 0 Å². The van der Waals surface area contributed by atoms with Crippen LogP contribution in [0.2, 0.25) is 13.2 Å². The van der Waals surface area contributed by atoms with Crippen molar-refractivity contribution in [1.82, 2.24) is 0 Å². The molecule has 0 N–H and O–H groups in total. The van der Waals surface area contributed by atoms with Gasteiger partial charge in [0.1, 0.15) is 0 Å². The minimum atomic E-state index is -5.50. The first-order valence-electron chi connectivity index (χ1n) is 18.6. The molecule has 0 heterocycles. The van der Waals surface area contributed by atoms with Gasteiger partial charge in [0.2, 0.25) is 0 Å². The number of allylic oxidation sites excluding steroid dienone is 10. The van der Waals surface area contributed by atoms with Crippen LogP contribution in [-0.4, -0.2) is 4.26 Å². The Bertz CT molecular complexity index is 2170. The van der Waals surface area contributed by atoms with Crippen LogP contribution in [0.1, 0.15) is 85.8 Å². The average Bonchev–Trinajstić information content (AvgIpc) is 3.77. The third-order valence-electron chi connectivity index (χ3n) is 16.7. The summed E-state index contributed by atoms with van der Waals surface area (Å²) in [5.41, 5.74) is 8.64. The Morgan fingerprint density at radius 1 is 0.731 bits per heavy atom. The Morgan fingerprint density at radius 3 is 1.92 bits per heavy atom. The van der Waals surface area contributed by atoms with E-state index in [-0.39, 0.29) is 49.6 Å². The predicted molar refractivity (Wildman–Crippen MR) is 229 cm³/mol. The summed E-state index contributed by atoms with van der Waals surface area (Å²) in [7, 11) is 0. The summed E-state index contributed by atoms with van der Waals surface area (Å²) in [6, 6.07) is 27.1. The molecule has 3 atom stereocenters. The molecule has 274 valence electrons. The molecule has 0 bridgehead atoms. The van der Waals surface area contributed by atoms with E-state index in [1.165, 1.54) is 26.7 Å². The standard InChI is InChI=1S/C29H37.2C6H4Cl.C5H5.CH2.2ClH.Hf/c1-18-25-22-17-19-13-9-10-14-20(19)24(22)21-15-11-12-16-23(21)29(25,8)28(6,7)27(4,5)26(18,2)3;2*7-6-4-2-1-3-5-6;1-2-4-5-3-1;;;;/h9-11,13-15,23H,12,16-17H2,1-8H3;2*1-2,4-5H;1-3H,4H2;1H2;2*1H;. The summed E-state index contributed by atoms with van der Waals surface area (Å²) in [4.78, 5) is 0. The van der Waals surface area contributed by atoms with Crippen LogP contribution in [0.3, 0.4) is 0 Å². The van der Waals surface area contributed by atoms with E-state index in [2.05, 4.69) is 146 Å². The first-order chi connectivity index (χ1) is 23.5. The average molecular weight is 939 g/mol. The zero-order valence-electron chi connectivity index (χ0n) is 32.0. The third kappa shape index (κ3) is 4.36. The van der Waals surface area contributed by atoms with Gasteiger partial charge in [-0.2, -0.15) is 0 Å². The van der Waals surface area contributed by atoms with Crippen LogP contribution in [0.5, 0.6) is 0 Å². The van der Waals surface area contributed by atoms with Gasteiger partial charge < -0.3 is 0 Å². The summed E-state index contributed by atoms with van der Waals surface area (Å²) in [6.07, 6.45) is 16.2. The molecule has 0 spiro atoms. The van der Waals surface area contributed by atoms with Gasteiger partial charge >= 0.3 is 314 Å². The fraction of sp³-hybridized carbons (Fsp3) is 0.383. The summed E-state index contributed by atoms with van der Waals surface area (Å²) in [6.45, 7) is 21.0. The third-order valence-corrected chi connectivity index (χ3v) is 46.1. The monoisotopic (exact) mass is 938 g/mol. The zero-order valence-corrected chi connectivity index (χ0v) is 38.7. The van der Waals surface area contributed by atoms with Crippen LogP contribution in [0.25, 0.3) is 5.57 Å². The van der Waals surface area contributed by atoms with E-state index in [1.807, 2.05) is 12.1 Å². The minimum absolute atomic E-state index is 0. The van der Waals surface area contributed by atoms with Crippen LogP contribution in [-0.2, 0) is 24.4 Å². The number of benzene rings is 3. The first kappa shape index (κ1) is 39.9. The molecule has 5 heteroatoms. The van der Waals surface area contributed by atoms with Crippen molar-refractivity contribution < 1.29 is 18.0 Å². The second kappa shape index (κ2) is 12.6. The summed E-state index contributed by atoms with van der Waals surface area (Å²) < 4.78 is 9.83. The number of hydrogen-bond donors (Lipinski definition) is 0. The summed E-state index contributed by atoms with van der Waals surface area (Å²) >= 11 is 8.74. The van der Waals surface area contributed by atoms with Gasteiger partial charge in [0, 0.05) is 0 Å². The van der Waals surface area contributed by atoms with Crippen LogP contribution in [0.15, 0.2) is 123 Å². The SMILES string of the molecule is Cl.Cl.[CH2]=[Hf]([C]1=CC=CC1)([c]1cccc(Cl)c1)([c]1cccc(Cl)c1)[C]1(C)C2=C3Cc4ccccc4C3=C3C=CCCC3C2(C)C(C)(C)C(C)(C)C1(C)C. The molecule has 1 fully saturated rings. The molecule has 1 saturated carbocycles. The fourth-order valence-corrected chi connectivity index (χ4v) is 44.2. The molecule has 5 aliphatic carbocycles. The normalized spacial score (nSPS) is 27.8. The van der Waals surface area contributed by atoms with Gasteiger partial charge in [-0.25, -0.2) is 0 Å². The van der Waals surface area contributed by atoms with E-state index in [0.717, 1.165) is 35.7 Å². The second-order valence-corrected chi connectivity index (χ2v) is 39.4. The Kier molecular flexibility index (Phi) is 9.71. The molecular weight excluding hydrogens is 885 g/mol. The molecule has 5 aliphatic rings. The Labute approximate surface area is 336 Å². The van der Waals surface area contributed by atoms with Crippen LogP contribution in [0, 0.1) is 27.6 Å². The van der Waals surface area contributed by atoms with Gasteiger partial charge in [0.05, 0.1) is 0 Å². The number of rotatable bonds is 4. The number of hydrogen-bond acceptors (Lipinski definition) is 0. The van der Waals surface area contributed by atoms with E-state index >= 15 is 0 Å². The van der Waals surface area contributed by atoms with Crippen molar-refractivity contribution in [3.8, 4) is 0 Å². The topological polar surface area (TPSA) is 0 Å². The molecule has 0 nitrogen and oxygen atoms in total. The van der Waals surface area contributed by atoms with Crippen LogP contribution >= 0.6 is 48.0 Å². The fourth-order valence-electron chi connectivity index (χ4n) is 12.9. The summed E-state index contributed by atoms with van der Waals surface area (Å²) in [5, 5.41) is 1.55. The Morgan fingerprint density at radius 2 is 1.35 bits per heavy atom. The second-order valence-electron chi connectivity index (χ2n) is 18.1. The van der Waals surface area contributed by atoms with Gasteiger partial charge in [-0.15, -0.1) is 24.8 Å². The maximum absolute atomic E-state index is 7.12. The molecule has 52 heavy (non-hydrogen) atoms. The van der Waals surface area contributed by atoms with E-state index in [4.69, 9.17) is 27.5 Å². The molecule has 0 amide bonds. The molecule has 3 aromatic carbocycles. The van der Waals surface area contributed by atoms with Gasteiger partial charge in [-0.05, 0) is 0 Å². The van der Waals surface area contributed by atoms with Crippen LogP contribution < -0.4 is 6.64 Å². The molecule has 0 aliphatic heterocycles. The van der Waals surface area contributed by atoms with Crippen molar-refractivity contribution in [2.45, 2.75) is 84.2 Å². The van der Waals surface area contributed by atoms with Crippen molar-refractivity contribution in [1.29, 1.82) is 0 Å². The Balaban J connectivity index is 0.00000232. The van der Waals surface area contributed by atoms with Gasteiger partial charge in [-0.3, -0.25) is 0 Å². The molecule has 0 radical (unpaired) electrons. The molecular formula is C47H54Cl4Hf. The molecule has 3 aromatic rings. The summed E-state index contributed by atoms with van der Waals surface area (Å²) in [5.74, 6) is 0.390. The van der Waals surface area contributed by atoms with Crippen LogP contribution in [0.4, 0.5) is 0 Å². The van der Waals surface area contributed by atoms with Gasteiger partial charge in [0.15, 0.2) is 0 Å². The predicted octanol–water partition coefficient (Wildman–Crippen LogP) is 13.3. The van der Waals surface area contributed by atoms with Crippen molar-refractivity contribution >= 4 is 64.5 Å². The van der Waals surface area contributed by atoms with E-state index in [1.54, 1.807) is 16.7 Å². The van der Waals surface area contributed by atoms with Gasteiger partial charge in [0.25, 0.3) is 0 Å². The van der Waals surface area contributed by atoms with Crippen molar-refractivity contribution in [2.75, 3.05) is 0 Å². The van der Waals surface area contributed by atoms with Crippen molar-refractivity contribution in [3.63, 3.8) is 0 Å². The maximum atomic E-state index is 7.12. The number of fused-ring (bicyclic) bond motifs is 6. The Hall–Kier alpha value is -1.74. The molecule has 8 rings (SSSR count). The molecule has 3 unspecified atom stereocenters. The number of halogens is 4. The van der Waals surface area contributed by atoms with E-state index < -0.39 is 18.0 Å². The van der Waals surface area contributed by atoms with Crippen molar-refractivity contribution in [3.05, 3.63) is 144 Å². The van der Waals surface area contributed by atoms with E-state index in [0.29, 0.717) is 5.92 Å². The molecule has 0 saturated heterocycles.